The van der Waals surface area contributed by atoms with Gasteiger partial charge in [-0.15, -0.1) is 11.8 Å². The maximum Gasteiger partial charge on any atom is 0.215 e. The lowest BCUT2D eigenvalue weighted by atomic mass is 10.4. The third-order valence-electron chi connectivity index (χ3n) is 3.47. The quantitative estimate of drug-likeness (QED) is 0.263. The highest BCUT2D eigenvalue weighted by Crippen LogP contribution is 2.15. The molecule has 0 fully saturated rings. The van der Waals surface area contributed by atoms with E-state index in [9.17, 15) is 8.42 Å². The Hall–Kier alpha value is -1.25. The van der Waals surface area contributed by atoms with Crippen LogP contribution in [0.25, 0.3) is 0 Å². The van der Waals surface area contributed by atoms with Crippen LogP contribution in [0.3, 0.4) is 0 Å². The number of hydrogen-bond acceptors (Lipinski definition) is 4. The molecule has 6 nitrogen and oxygen atoms in total. The standard InChI is InChI=1S/C17H30N4O2S2/c1-4-18-17(19-12-14-24-16-10-8-7-9-11-16)20-13-15-25(22,23)21(5-2)6-3/h7-11H,4-6,12-15H2,1-3H3,(H2,18,19,20). The average Bonchev–Trinajstić information content (AvgIpc) is 2.60. The summed E-state index contributed by atoms with van der Waals surface area (Å²) in [6.45, 7) is 8.42. The highest BCUT2D eigenvalue weighted by atomic mass is 32.2. The fourth-order valence-electron chi connectivity index (χ4n) is 2.22. The van der Waals surface area contributed by atoms with Crippen molar-refractivity contribution in [3.05, 3.63) is 30.3 Å². The summed E-state index contributed by atoms with van der Waals surface area (Å²) in [5.41, 5.74) is 0. The van der Waals surface area contributed by atoms with E-state index in [2.05, 4.69) is 27.8 Å². The Kier molecular flexibility index (Phi) is 10.6. The first-order valence-electron chi connectivity index (χ1n) is 8.71. The van der Waals surface area contributed by atoms with Crippen molar-refractivity contribution in [1.29, 1.82) is 0 Å². The zero-order valence-electron chi connectivity index (χ0n) is 15.4. The molecule has 0 spiro atoms. The second-order valence-corrected chi connectivity index (χ2v) is 8.51. The van der Waals surface area contributed by atoms with Crippen LogP contribution in [0.1, 0.15) is 20.8 Å². The van der Waals surface area contributed by atoms with Crippen LogP contribution < -0.4 is 10.6 Å². The molecular formula is C17H30N4O2S2. The second kappa shape index (κ2) is 12.2. The van der Waals surface area contributed by atoms with Crippen molar-refractivity contribution >= 4 is 27.7 Å². The Morgan fingerprint density at radius 2 is 1.80 bits per heavy atom. The number of rotatable bonds is 11. The summed E-state index contributed by atoms with van der Waals surface area (Å²) in [7, 11) is -3.23. The van der Waals surface area contributed by atoms with Gasteiger partial charge in [-0.3, -0.25) is 4.99 Å². The molecule has 25 heavy (non-hydrogen) atoms. The minimum absolute atomic E-state index is 0.0318. The Balaban J connectivity index is 2.43. The Morgan fingerprint density at radius 3 is 2.40 bits per heavy atom. The smallest absolute Gasteiger partial charge is 0.215 e. The van der Waals surface area contributed by atoms with Crippen LogP contribution in [0.4, 0.5) is 0 Å². The lowest BCUT2D eigenvalue weighted by Gasteiger charge is -2.17. The van der Waals surface area contributed by atoms with Crippen molar-refractivity contribution in [1.82, 2.24) is 14.9 Å². The predicted molar refractivity (Wildman–Crippen MR) is 108 cm³/mol. The minimum Gasteiger partial charge on any atom is -0.357 e. The topological polar surface area (TPSA) is 73.8 Å². The zero-order chi connectivity index (χ0) is 18.5. The number of hydrogen-bond donors (Lipinski definition) is 2. The second-order valence-electron chi connectivity index (χ2n) is 5.25. The van der Waals surface area contributed by atoms with E-state index in [1.165, 1.54) is 9.20 Å². The fourth-order valence-corrected chi connectivity index (χ4v) is 4.37. The first kappa shape index (κ1) is 21.8. The molecule has 0 aliphatic heterocycles. The van der Waals surface area contributed by atoms with E-state index in [1.54, 1.807) is 11.8 Å². The number of nitrogens with one attached hydrogen (secondary N) is 2. The summed E-state index contributed by atoms with van der Waals surface area (Å²) >= 11 is 1.77. The third kappa shape index (κ3) is 8.60. The maximum atomic E-state index is 12.2. The minimum atomic E-state index is -3.23. The van der Waals surface area contributed by atoms with E-state index in [-0.39, 0.29) is 12.3 Å². The lowest BCUT2D eigenvalue weighted by molar-refractivity contribution is 0.445. The van der Waals surface area contributed by atoms with Gasteiger partial charge >= 0.3 is 0 Å². The van der Waals surface area contributed by atoms with Crippen molar-refractivity contribution in [3.63, 3.8) is 0 Å². The molecular weight excluding hydrogens is 356 g/mol. The molecule has 1 rings (SSSR count). The average molecular weight is 387 g/mol. The van der Waals surface area contributed by atoms with Gasteiger partial charge in [0.15, 0.2) is 5.96 Å². The summed E-state index contributed by atoms with van der Waals surface area (Å²) < 4.78 is 25.8. The molecule has 142 valence electrons. The number of guanidine groups is 1. The van der Waals surface area contributed by atoms with Crippen LogP contribution in [0.5, 0.6) is 0 Å². The zero-order valence-corrected chi connectivity index (χ0v) is 17.0. The third-order valence-corrected chi connectivity index (χ3v) is 6.48. The first-order valence-corrected chi connectivity index (χ1v) is 11.3. The molecule has 0 aliphatic rings. The molecule has 0 saturated heterocycles. The molecule has 0 atom stereocenters. The van der Waals surface area contributed by atoms with Gasteiger partial charge < -0.3 is 10.6 Å². The maximum absolute atomic E-state index is 12.2. The summed E-state index contributed by atoms with van der Waals surface area (Å²) in [4.78, 5) is 5.61. The number of aliphatic imine (C=N–C) groups is 1. The van der Waals surface area contributed by atoms with Crippen LogP contribution in [-0.4, -0.2) is 62.9 Å². The number of sulfonamides is 1. The molecule has 0 radical (unpaired) electrons. The van der Waals surface area contributed by atoms with Gasteiger partial charge in [0.05, 0.1) is 12.3 Å². The molecule has 0 saturated carbocycles. The highest BCUT2D eigenvalue weighted by Gasteiger charge is 2.17. The van der Waals surface area contributed by atoms with Crippen LogP contribution in [-0.2, 0) is 10.0 Å². The summed E-state index contributed by atoms with van der Waals surface area (Å²) in [5, 5.41) is 6.39. The largest absolute Gasteiger partial charge is 0.357 e. The fraction of sp³-hybridized carbons (Fsp3) is 0.588. The van der Waals surface area contributed by atoms with Gasteiger partial charge in [0, 0.05) is 36.8 Å². The number of thioether (sulfide) groups is 1. The number of nitrogens with zero attached hydrogens (tertiary/aromatic N) is 2. The van der Waals surface area contributed by atoms with Crippen molar-refractivity contribution in [3.8, 4) is 0 Å². The molecule has 1 aromatic carbocycles. The molecule has 0 aliphatic carbocycles. The van der Waals surface area contributed by atoms with Gasteiger partial charge in [0.25, 0.3) is 0 Å². The van der Waals surface area contributed by atoms with Gasteiger partial charge in [-0.05, 0) is 19.1 Å². The normalized spacial score (nSPS) is 12.4. The molecule has 2 N–H and O–H groups in total. The highest BCUT2D eigenvalue weighted by molar-refractivity contribution is 7.99. The van der Waals surface area contributed by atoms with Crippen LogP contribution in [0.15, 0.2) is 40.2 Å². The van der Waals surface area contributed by atoms with Gasteiger partial charge in [-0.25, -0.2) is 12.7 Å². The molecule has 0 bridgehead atoms. The van der Waals surface area contributed by atoms with Crippen molar-refractivity contribution < 1.29 is 8.42 Å². The van der Waals surface area contributed by atoms with Gasteiger partial charge in [-0.1, -0.05) is 32.0 Å². The van der Waals surface area contributed by atoms with E-state index in [1.807, 2.05) is 39.0 Å². The molecule has 0 heterocycles. The van der Waals surface area contributed by atoms with E-state index < -0.39 is 10.0 Å². The van der Waals surface area contributed by atoms with Crippen molar-refractivity contribution in [2.75, 3.05) is 44.2 Å². The van der Waals surface area contributed by atoms with E-state index >= 15 is 0 Å². The van der Waals surface area contributed by atoms with Gasteiger partial charge in [0.2, 0.25) is 10.0 Å². The molecule has 0 amide bonds. The van der Waals surface area contributed by atoms with Crippen LogP contribution in [0.2, 0.25) is 0 Å². The molecule has 8 heteroatoms. The SMILES string of the molecule is CCNC(=NCCS(=O)(=O)N(CC)CC)NCCSc1ccccc1. The Morgan fingerprint density at radius 1 is 1.12 bits per heavy atom. The van der Waals surface area contributed by atoms with Gasteiger partial charge in [-0.2, -0.15) is 0 Å². The van der Waals surface area contributed by atoms with Gasteiger partial charge in [0.1, 0.15) is 0 Å². The van der Waals surface area contributed by atoms with Crippen LogP contribution in [0, 0.1) is 0 Å². The monoisotopic (exact) mass is 386 g/mol. The molecule has 1 aromatic rings. The lowest BCUT2D eigenvalue weighted by Crippen LogP contribution is -2.39. The number of benzene rings is 1. The van der Waals surface area contributed by atoms with E-state index in [0.29, 0.717) is 19.0 Å². The van der Waals surface area contributed by atoms with E-state index in [0.717, 1.165) is 18.8 Å². The Bertz CT molecular complexity index is 602. The molecule has 0 unspecified atom stereocenters. The summed E-state index contributed by atoms with van der Waals surface area (Å²) in [6.07, 6.45) is 0. The predicted octanol–water partition coefficient (Wildman–Crippen LogP) is 2.01. The van der Waals surface area contributed by atoms with Crippen molar-refractivity contribution in [2.24, 2.45) is 4.99 Å². The summed E-state index contributed by atoms with van der Waals surface area (Å²) in [6, 6.07) is 10.2. The first-order chi connectivity index (χ1) is 12.0. The Labute approximate surface area is 156 Å². The van der Waals surface area contributed by atoms with Crippen LogP contribution >= 0.6 is 11.8 Å². The van der Waals surface area contributed by atoms with Crippen molar-refractivity contribution in [2.45, 2.75) is 25.7 Å². The van der Waals surface area contributed by atoms with E-state index in [4.69, 9.17) is 0 Å². The molecule has 0 aromatic heterocycles. The summed E-state index contributed by atoms with van der Waals surface area (Å²) in [5.74, 6) is 1.60.